The van der Waals surface area contributed by atoms with Crippen LogP contribution < -0.4 is 4.74 Å². The Morgan fingerprint density at radius 1 is 1.07 bits per heavy atom. The van der Waals surface area contributed by atoms with Crippen LogP contribution in [-0.4, -0.2) is 84.1 Å². The first kappa shape index (κ1) is 29.6. The molecule has 40 heavy (non-hydrogen) atoms. The molecule has 4 rings (SSSR count). The van der Waals surface area contributed by atoms with Gasteiger partial charge in [-0.25, -0.2) is 9.59 Å². The van der Waals surface area contributed by atoms with Gasteiger partial charge in [-0.1, -0.05) is 42.5 Å². The van der Waals surface area contributed by atoms with E-state index in [0.29, 0.717) is 18.2 Å². The number of piperidine rings is 1. The number of hydrogen-bond acceptors (Lipinski definition) is 7. The van der Waals surface area contributed by atoms with Crippen LogP contribution in [0.5, 0.6) is 5.75 Å². The van der Waals surface area contributed by atoms with Crippen LogP contribution in [0.2, 0.25) is 0 Å². The fourth-order valence-electron chi connectivity index (χ4n) is 5.25. The SMILES string of the molecule is COC(=O)/C=C/c1ccc(OCC(O)CN2CCC(N(C(=O)OC(C)(C)C)[C@@H]3C[C@H]3c3ccccc3)CC2)cc1. The number of ether oxygens (including phenoxy) is 3. The van der Waals surface area contributed by atoms with Crippen molar-refractivity contribution in [3.8, 4) is 5.75 Å². The number of amides is 1. The number of methoxy groups -OCH3 is 1. The summed E-state index contributed by atoms with van der Waals surface area (Å²) in [6, 6.07) is 18.0. The molecular formula is C32H42N2O6. The van der Waals surface area contributed by atoms with Crippen LogP contribution in [0.25, 0.3) is 6.08 Å². The molecule has 2 fully saturated rings. The second kappa shape index (κ2) is 13.3. The van der Waals surface area contributed by atoms with E-state index < -0.39 is 17.7 Å². The molecule has 0 aromatic heterocycles. The van der Waals surface area contributed by atoms with E-state index in [4.69, 9.17) is 9.47 Å². The normalized spacial score (nSPS) is 20.6. The van der Waals surface area contributed by atoms with Gasteiger partial charge in [0.05, 0.1) is 7.11 Å². The average molecular weight is 551 g/mol. The molecule has 1 unspecified atom stereocenters. The molecule has 1 amide bonds. The van der Waals surface area contributed by atoms with Crippen molar-refractivity contribution >= 4 is 18.1 Å². The molecule has 0 bridgehead atoms. The highest BCUT2D eigenvalue weighted by Gasteiger charge is 2.48. The highest BCUT2D eigenvalue weighted by atomic mass is 16.6. The molecule has 1 saturated heterocycles. The van der Waals surface area contributed by atoms with Crippen LogP contribution in [0.3, 0.4) is 0 Å². The highest BCUT2D eigenvalue weighted by Crippen LogP contribution is 2.46. The fourth-order valence-corrected chi connectivity index (χ4v) is 5.25. The summed E-state index contributed by atoms with van der Waals surface area (Å²) in [4.78, 5) is 28.8. The number of hydrogen-bond donors (Lipinski definition) is 1. The van der Waals surface area contributed by atoms with E-state index in [1.165, 1.54) is 18.7 Å². The number of rotatable bonds is 10. The van der Waals surface area contributed by atoms with Crippen molar-refractivity contribution < 1.29 is 28.9 Å². The van der Waals surface area contributed by atoms with E-state index in [9.17, 15) is 14.7 Å². The minimum atomic E-state index is -0.636. The summed E-state index contributed by atoms with van der Waals surface area (Å²) in [5, 5.41) is 10.6. The maximum Gasteiger partial charge on any atom is 0.410 e. The Morgan fingerprint density at radius 2 is 1.75 bits per heavy atom. The van der Waals surface area contributed by atoms with Gasteiger partial charge in [0.1, 0.15) is 24.1 Å². The number of carbonyl (C=O) groups excluding carboxylic acids is 2. The molecule has 1 aliphatic heterocycles. The highest BCUT2D eigenvalue weighted by molar-refractivity contribution is 5.86. The Labute approximate surface area is 237 Å². The Kier molecular flexibility index (Phi) is 9.87. The van der Waals surface area contributed by atoms with E-state index in [0.717, 1.165) is 37.9 Å². The summed E-state index contributed by atoms with van der Waals surface area (Å²) >= 11 is 0. The molecule has 0 radical (unpaired) electrons. The van der Waals surface area contributed by atoms with Gasteiger partial charge in [0.25, 0.3) is 0 Å². The largest absolute Gasteiger partial charge is 0.491 e. The quantitative estimate of drug-likeness (QED) is 0.334. The summed E-state index contributed by atoms with van der Waals surface area (Å²) in [6.07, 6.45) is 4.81. The molecule has 8 nitrogen and oxygen atoms in total. The maximum atomic E-state index is 13.3. The van der Waals surface area contributed by atoms with Crippen molar-refractivity contribution in [2.45, 2.75) is 69.7 Å². The number of aliphatic hydroxyl groups excluding tert-OH is 1. The first-order valence-corrected chi connectivity index (χ1v) is 14.1. The van der Waals surface area contributed by atoms with Crippen molar-refractivity contribution in [1.29, 1.82) is 0 Å². The van der Waals surface area contributed by atoms with Crippen LogP contribution in [0.4, 0.5) is 4.79 Å². The lowest BCUT2D eigenvalue weighted by atomic mass is 10.0. The minimum absolute atomic E-state index is 0.116. The van der Waals surface area contributed by atoms with Gasteiger partial charge >= 0.3 is 12.1 Å². The van der Waals surface area contributed by atoms with Crippen molar-refractivity contribution in [2.75, 3.05) is 33.4 Å². The standard InChI is InChI=1S/C32H42N2O6/c1-32(2,3)40-31(37)34(29-20-28(29)24-8-6-5-7-9-24)25-16-18-33(19-17-25)21-26(35)22-39-27-13-10-23(11-14-27)12-15-30(36)38-4/h5-15,25-26,28-29,35H,16-22H2,1-4H3/b15-12+/t26?,28-,29+/m0/s1. The second-order valence-corrected chi connectivity index (χ2v) is 11.6. The first-order valence-electron chi connectivity index (χ1n) is 14.1. The van der Waals surface area contributed by atoms with E-state index in [1.807, 2.05) is 43.9 Å². The van der Waals surface area contributed by atoms with Gasteiger partial charge in [0.15, 0.2) is 0 Å². The van der Waals surface area contributed by atoms with Gasteiger partial charge in [0, 0.05) is 43.7 Å². The molecule has 1 saturated carbocycles. The second-order valence-electron chi connectivity index (χ2n) is 11.6. The van der Waals surface area contributed by atoms with E-state index in [1.54, 1.807) is 18.2 Å². The Bertz CT molecular complexity index is 1140. The molecule has 2 aromatic rings. The topological polar surface area (TPSA) is 88.5 Å². The molecule has 8 heteroatoms. The molecule has 1 heterocycles. The van der Waals surface area contributed by atoms with Crippen LogP contribution in [0, 0.1) is 0 Å². The molecule has 1 aliphatic carbocycles. The predicted octanol–water partition coefficient (Wildman–Crippen LogP) is 4.87. The van der Waals surface area contributed by atoms with Crippen LogP contribution >= 0.6 is 0 Å². The third-order valence-electron chi connectivity index (χ3n) is 7.30. The Balaban J connectivity index is 1.26. The van der Waals surface area contributed by atoms with E-state index in [-0.39, 0.29) is 24.8 Å². The molecule has 0 spiro atoms. The van der Waals surface area contributed by atoms with E-state index in [2.05, 4.69) is 33.9 Å². The first-order chi connectivity index (χ1) is 19.1. The summed E-state index contributed by atoms with van der Waals surface area (Å²) < 4.78 is 16.2. The zero-order chi connectivity index (χ0) is 28.7. The maximum absolute atomic E-state index is 13.3. The van der Waals surface area contributed by atoms with Crippen LogP contribution in [-0.2, 0) is 14.3 Å². The summed E-state index contributed by atoms with van der Waals surface area (Å²) in [5.41, 5.74) is 1.58. The van der Waals surface area contributed by atoms with Crippen molar-refractivity contribution in [1.82, 2.24) is 9.80 Å². The number of benzene rings is 2. The number of esters is 1. The van der Waals surface area contributed by atoms with Gasteiger partial charge in [-0.2, -0.15) is 0 Å². The third-order valence-corrected chi connectivity index (χ3v) is 7.30. The number of nitrogens with zero attached hydrogens (tertiary/aromatic N) is 2. The fraction of sp³-hybridized carbons (Fsp3) is 0.500. The zero-order valence-corrected chi connectivity index (χ0v) is 24.0. The minimum Gasteiger partial charge on any atom is -0.491 e. The predicted molar refractivity (Wildman–Crippen MR) is 154 cm³/mol. The lowest BCUT2D eigenvalue weighted by Gasteiger charge is -2.40. The number of likely N-dealkylation sites (tertiary alicyclic amines) is 1. The Hall–Kier alpha value is -3.36. The smallest absolute Gasteiger partial charge is 0.410 e. The lowest BCUT2D eigenvalue weighted by molar-refractivity contribution is -0.134. The summed E-state index contributed by atoms with van der Waals surface area (Å²) in [7, 11) is 1.34. The lowest BCUT2D eigenvalue weighted by Crippen LogP contribution is -2.51. The molecule has 1 N–H and O–H groups in total. The Morgan fingerprint density at radius 3 is 2.38 bits per heavy atom. The van der Waals surface area contributed by atoms with Crippen LogP contribution in [0.15, 0.2) is 60.7 Å². The number of aliphatic hydroxyl groups is 1. The van der Waals surface area contributed by atoms with Crippen LogP contribution in [0.1, 0.15) is 57.1 Å². The van der Waals surface area contributed by atoms with Gasteiger partial charge < -0.3 is 29.1 Å². The third kappa shape index (κ3) is 8.57. The van der Waals surface area contributed by atoms with E-state index >= 15 is 0 Å². The van der Waals surface area contributed by atoms with Crippen molar-refractivity contribution in [3.05, 3.63) is 71.8 Å². The van der Waals surface area contributed by atoms with Crippen molar-refractivity contribution in [2.24, 2.45) is 0 Å². The van der Waals surface area contributed by atoms with Gasteiger partial charge in [0.2, 0.25) is 0 Å². The zero-order valence-electron chi connectivity index (χ0n) is 24.0. The summed E-state index contributed by atoms with van der Waals surface area (Å²) in [6.45, 7) is 8.02. The van der Waals surface area contributed by atoms with Gasteiger partial charge in [-0.05, 0) is 69.4 Å². The van der Waals surface area contributed by atoms with Gasteiger partial charge in [-0.3, -0.25) is 0 Å². The molecular weight excluding hydrogens is 508 g/mol. The molecule has 2 aromatic carbocycles. The number of β-amino-alcohol motifs (C(OH)–C–C–N with tert-alkyl or cyclic N) is 1. The number of carbonyl (C=O) groups is 2. The molecule has 3 atom stereocenters. The molecule has 216 valence electrons. The van der Waals surface area contributed by atoms with Gasteiger partial charge in [-0.15, -0.1) is 0 Å². The van der Waals surface area contributed by atoms with Crippen molar-refractivity contribution in [3.63, 3.8) is 0 Å². The molecule has 2 aliphatic rings. The summed E-state index contributed by atoms with van der Waals surface area (Å²) in [5.74, 6) is 0.594. The monoisotopic (exact) mass is 550 g/mol. The average Bonchev–Trinajstić information content (AvgIpc) is 3.72.